The van der Waals surface area contributed by atoms with Crippen molar-refractivity contribution in [1.82, 2.24) is 29.4 Å². The molecule has 0 radical (unpaired) electrons. The van der Waals surface area contributed by atoms with Crippen molar-refractivity contribution in [1.29, 1.82) is 0 Å². The van der Waals surface area contributed by atoms with Gasteiger partial charge in [-0.05, 0) is 87.1 Å². The van der Waals surface area contributed by atoms with Crippen molar-refractivity contribution in [2.24, 2.45) is 5.92 Å². The van der Waals surface area contributed by atoms with Crippen LogP contribution in [0.4, 0.5) is 0 Å². The van der Waals surface area contributed by atoms with Crippen molar-refractivity contribution < 1.29 is 8.42 Å². The highest BCUT2D eigenvalue weighted by molar-refractivity contribution is 7.89. The highest BCUT2D eigenvalue weighted by Crippen LogP contribution is 2.24. The summed E-state index contributed by atoms with van der Waals surface area (Å²) in [5.74, 6) is 0.388. The van der Waals surface area contributed by atoms with Crippen LogP contribution in [0.2, 0.25) is 0 Å². The van der Waals surface area contributed by atoms with Gasteiger partial charge in [0.2, 0.25) is 10.0 Å². The first-order valence-corrected chi connectivity index (χ1v) is 13.3. The van der Waals surface area contributed by atoms with Gasteiger partial charge in [0.1, 0.15) is 12.7 Å². The molecule has 2 aromatic carbocycles. The van der Waals surface area contributed by atoms with Gasteiger partial charge in [0.05, 0.1) is 4.90 Å². The number of hydrogen-bond donors (Lipinski definition) is 2. The Morgan fingerprint density at radius 1 is 1.03 bits per heavy atom. The molecule has 0 amide bonds. The molecule has 5 rings (SSSR count). The number of H-pyrrole nitrogens is 1. The summed E-state index contributed by atoms with van der Waals surface area (Å²) >= 11 is 0. The van der Waals surface area contributed by atoms with E-state index in [-0.39, 0.29) is 0 Å². The van der Waals surface area contributed by atoms with Gasteiger partial charge in [-0.2, -0.15) is 0 Å². The molecule has 0 aliphatic carbocycles. The van der Waals surface area contributed by atoms with Crippen LogP contribution in [-0.4, -0.2) is 59.2 Å². The molecule has 1 aliphatic heterocycles. The first-order valence-electron chi connectivity index (χ1n) is 11.8. The van der Waals surface area contributed by atoms with Crippen molar-refractivity contribution in [3.05, 3.63) is 72.9 Å². The maximum absolute atomic E-state index is 12.4. The van der Waals surface area contributed by atoms with Gasteiger partial charge in [0, 0.05) is 29.3 Å². The van der Waals surface area contributed by atoms with Crippen LogP contribution in [0, 0.1) is 5.92 Å². The van der Waals surface area contributed by atoms with Gasteiger partial charge < -0.3 is 9.88 Å². The number of rotatable bonds is 9. The van der Waals surface area contributed by atoms with Gasteiger partial charge in [0.15, 0.2) is 0 Å². The van der Waals surface area contributed by atoms with E-state index in [1.54, 1.807) is 36.9 Å². The summed E-state index contributed by atoms with van der Waals surface area (Å²) in [6.07, 6.45) is 9.69. The molecule has 34 heavy (non-hydrogen) atoms. The van der Waals surface area contributed by atoms with Gasteiger partial charge in [-0.1, -0.05) is 18.2 Å². The number of piperidine rings is 1. The van der Waals surface area contributed by atoms with E-state index in [2.05, 4.69) is 49.2 Å². The first kappa shape index (κ1) is 22.8. The lowest BCUT2D eigenvalue weighted by atomic mass is 9.97. The van der Waals surface area contributed by atoms with E-state index in [0.29, 0.717) is 17.4 Å². The Labute approximate surface area is 200 Å². The molecule has 0 spiro atoms. The van der Waals surface area contributed by atoms with Gasteiger partial charge in [-0.25, -0.2) is 13.1 Å². The molecule has 4 aromatic rings. The van der Waals surface area contributed by atoms with E-state index in [1.807, 2.05) is 10.6 Å². The van der Waals surface area contributed by atoms with E-state index in [4.69, 9.17) is 0 Å². The minimum atomic E-state index is -3.42. The smallest absolute Gasteiger partial charge is 0.240 e. The molecule has 0 atom stereocenters. The lowest BCUT2D eigenvalue weighted by Crippen LogP contribution is -2.39. The van der Waals surface area contributed by atoms with E-state index in [9.17, 15) is 8.42 Å². The van der Waals surface area contributed by atoms with Crippen LogP contribution in [0.15, 0.2) is 72.3 Å². The Hall–Kier alpha value is -3.01. The fourth-order valence-corrected chi connectivity index (χ4v) is 5.82. The summed E-state index contributed by atoms with van der Waals surface area (Å²) in [6.45, 7) is 3.60. The van der Waals surface area contributed by atoms with Crippen molar-refractivity contribution >= 4 is 20.9 Å². The van der Waals surface area contributed by atoms with Gasteiger partial charge in [0.25, 0.3) is 0 Å². The van der Waals surface area contributed by atoms with Gasteiger partial charge in [-0.15, -0.1) is 10.2 Å². The molecule has 2 aromatic heterocycles. The van der Waals surface area contributed by atoms with Crippen LogP contribution < -0.4 is 4.72 Å². The molecule has 1 fully saturated rings. The number of sulfonamides is 1. The number of nitrogens with one attached hydrogen (secondary N) is 2. The van der Waals surface area contributed by atoms with Crippen LogP contribution in [0.25, 0.3) is 16.6 Å². The Morgan fingerprint density at radius 3 is 2.56 bits per heavy atom. The summed E-state index contributed by atoms with van der Waals surface area (Å²) in [5.41, 5.74) is 3.53. The maximum Gasteiger partial charge on any atom is 0.240 e. The standard InChI is InChI=1S/C25H30N6O2S/c32-34(33,23-6-2-1-3-7-23)29-16-20-10-13-30(14-11-20)12-4-5-21-17-26-25-9-8-22(15-24(21)25)31-18-27-28-19-31/h1-3,6-9,15,17-20,26,29H,4-5,10-14,16H2. The monoisotopic (exact) mass is 478 g/mol. The lowest BCUT2D eigenvalue weighted by Gasteiger charge is -2.32. The molecule has 2 N–H and O–H groups in total. The molecule has 0 bridgehead atoms. The molecule has 1 saturated heterocycles. The number of benzene rings is 2. The molecule has 1 aliphatic rings. The number of likely N-dealkylation sites (tertiary alicyclic amines) is 1. The molecule has 8 nitrogen and oxygen atoms in total. The minimum absolute atomic E-state index is 0.332. The van der Waals surface area contributed by atoms with Crippen LogP contribution in [0.1, 0.15) is 24.8 Å². The third kappa shape index (κ3) is 5.22. The Bertz CT molecular complexity index is 1310. The summed E-state index contributed by atoms with van der Waals surface area (Å²) in [4.78, 5) is 6.21. The van der Waals surface area contributed by atoms with Crippen LogP contribution in [-0.2, 0) is 16.4 Å². The number of fused-ring (bicyclic) bond motifs is 1. The molecule has 3 heterocycles. The third-order valence-corrected chi connectivity index (χ3v) is 8.15. The van der Waals surface area contributed by atoms with E-state index in [0.717, 1.165) is 56.5 Å². The minimum Gasteiger partial charge on any atom is -0.361 e. The average molecular weight is 479 g/mol. The zero-order valence-electron chi connectivity index (χ0n) is 19.1. The predicted molar refractivity (Wildman–Crippen MR) is 132 cm³/mol. The average Bonchev–Trinajstić information content (AvgIpc) is 3.54. The zero-order chi connectivity index (χ0) is 23.4. The van der Waals surface area contributed by atoms with Gasteiger partial charge in [-0.3, -0.25) is 4.57 Å². The second kappa shape index (κ2) is 10.1. The Kier molecular flexibility index (Phi) is 6.75. The number of aryl methyl sites for hydroxylation is 1. The summed E-state index contributed by atoms with van der Waals surface area (Å²) in [6, 6.07) is 14.9. The highest BCUT2D eigenvalue weighted by atomic mass is 32.2. The SMILES string of the molecule is O=S(=O)(NCC1CCN(CCCc2c[nH]c3ccc(-n4cnnc4)cc23)CC1)c1ccccc1. The van der Waals surface area contributed by atoms with E-state index < -0.39 is 10.0 Å². The largest absolute Gasteiger partial charge is 0.361 e. The normalized spacial score (nSPS) is 15.8. The second-order valence-electron chi connectivity index (χ2n) is 8.97. The Balaban J connectivity index is 1.08. The number of aromatic nitrogens is 4. The number of nitrogens with zero attached hydrogens (tertiary/aromatic N) is 4. The number of aromatic amines is 1. The van der Waals surface area contributed by atoms with Crippen molar-refractivity contribution in [2.75, 3.05) is 26.2 Å². The van der Waals surface area contributed by atoms with Gasteiger partial charge >= 0.3 is 0 Å². The quantitative estimate of drug-likeness (QED) is 0.385. The summed E-state index contributed by atoms with van der Waals surface area (Å²) in [7, 11) is -3.42. The lowest BCUT2D eigenvalue weighted by molar-refractivity contribution is 0.184. The molecule has 0 saturated carbocycles. The molecular formula is C25H30N6O2S. The van der Waals surface area contributed by atoms with E-state index in [1.165, 1.54) is 10.9 Å². The summed E-state index contributed by atoms with van der Waals surface area (Å²) in [5, 5.41) is 9.04. The first-order chi connectivity index (χ1) is 16.6. The third-order valence-electron chi connectivity index (χ3n) is 6.71. The molecular weight excluding hydrogens is 448 g/mol. The fraction of sp³-hybridized carbons (Fsp3) is 0.360. The molecule has 9 heteroatoms. The second-order valence-corrected chi connectivity index (χ2v) is 10.7. The van der Waals surface area contributed by atoms with Crippen molar-refractivity contribution in [3.63, 3.8) is 0 Å². The Morgan fingerprint density at radius 2 is 1.79 bits per heavy atom. The molecule has 0 unspecified atom stereocenters. The van der Waals surface area contributed by atoms with Crippen LogP contribution >= 0.6 is 0 Å². The molecule has 178 valence electrons. The highest BCUT2D eigenvalue weighted by Gasteiger charge is 2.21. The van der Waals surface area contributed by atoms with Crippen molar-refractivity contribution in [3.8, 4) is 5.69 Å². The number of hydrogen-bond acceptors (Lipinski definition) is 5. The van der Waals surface area contributed by atoms with Crippen molar-refractivity contribution in [2.45, 2.75) is 30.6 Å². The fourth-order valence-electron chi connectivity index (χ4n) is 4.69. The van der Waals surface area contributed by atoms with Crippen LogP contribution in [0.5, 0.6) is 0 Å². The van der Waals surface area contributed by atoms with E-state index >= 15 is 0 Å². The zero-order valence-corrected chi connectivity index (χ0v) is 19.9. The maximum atomic E-state index is 12.4. The topological polar surface area (TPSA) is 95.9 Å². The van der Waals surface area contributed by atoms with Crippen LogP contribution in [0.3, 0.4) is 0 Å². The predicted octanol–water partition coefficient (Wildman–Crippen LogP) is 3.37. The summed E-state index contributed by atoms with van der Waals surface area (Å²) < 4.78 is 29.6.